The first-order valence-electron chi connectivity index (χ1n) is 9.08. The van der Waals surface area contributed by atoms with Crippen molar-refractivity contribution in [2.75, 3.05) is 18.5 Å². The van der Waals surface area contributed by atoms with E-state index in [-0.39, 0.29) is 24.6 Å². The number of amides is 2. The predicted molar refractivity (Wildman–Crippen MR) is 112 cm³/mol. The maximum atomic E-state index is 13.4. The quantitative estimate of drug-likeness (QED) is 0.445. The summed E-state index contributed by atoms with van der Waals surface area (Å²) >= 11 is 3.49. The second kappa shape index (κ2) is 6.82. The SMILES string of the molecule is O=C1c2ccccc2-c2ncnc3c(Br)cc(NC4=CC(=O)N(CCO)C4=O)c1c23. The number of β-amino-alcohol motifs (C(OH)–C–C–N with tert-alkyl or cyclic N) is 1. The van der Waals surface area contributed by atoms with Gasteiger partial charge in [-0.05, 0) is 22.0 Å². The highest BCUT2D eigenvalue weighted by molar-refractivity contribution is 9.10. The van der Waals surface area contributed by atoms with E-state index >= 15 is 0 Å². The van der Waals surface area contributed by atoms with Gasteiger partial charge in [-0.25, -0.2) is 9.97 Å². The largest absolute Gasteiger partial charge is 0.395 e. The van der Waals surface area contributed by atoms with E-state index in [1.54, 1.807) is 18.2 Å². The molecule has 0 spiro atoms. The highest BCUT2D eigenvalue weighted by Gasteiger charge is 2.34. The lowest BCUT2D eigenvalue weighted by atomic mass is 9.86. The van der Waals surface area contributed by atoms with Crippen molar-refractivity contribution in [3.8, 4) is 11.3 Å². The highest BCUT2D eigenvalue weighted by atomic mass is 79.9. The van der Waals surface area contributed by atoms with Crippen molar-refractivity contribution in [1.29, 1.82) is 0 Å². The Morgan fingerprint density at radius 2 is 1.87 bits per heavy atom. The minimum atomic E-state index is -0.564. The number of hydrogen-bond donors (Lipinski definition) is 2. The first kappa shape index (κ1) is 18.6. The monoisotopic (exact) mass is 464 g/mol. The van der Waals surface area contributed by atoms with Gasteiger partial charge in [0, 0.05) is 27.1 Å². The Labute approximate surface area is 178 Å². The molecule has 0 saturated heterocycles. The van der Waals surface area contributed by atoms with Gasteiger partial charge >= 0.3 is 0 Å². The molecule has 30 heavy (non-hydrogen) atoms. The van der Waals surface area contributed by atoms with Crippen molar-refractivity contribution in [2.45, 2.75) is 0 Å². The number of hydrogen-bond acceptors (Lipinski definition) is 7. The molecule has 1 aliphatic carbocycles. The summed E-state index contributed by atoms with van der Waals surface area (Å²) in [4.78, 5) is 47.7. The number of benzene rings is 2. The van der Waals surface area contributed by atoms with Crippen LogP contribution < -0.4 is 5.32 Å². The van der Waals surface area contributed by atoms with E-state index in [1.807, 2.05) is 12.1 Å². The van der Waals surface area contributed by atoms with E-state index in [9.17, 15) is 14.4 Å². The van der Waals surface area contributed by atoms with Crippen LogP contribution in [0.1, 0.15) is 15.9 Å². The number of carbonyl (C=O) groups is 3. The summed E-state index contributed by atoms with van der Waals surface area (Å²) in [7, 11) is 0. The van der Waals surface area contributed by atoms with Crippen molar-refractivity contribution in [3.63, 3.8) is 0 Å². The normalized spacial score (nSPS) is 14.9. The van der Waals surface area contributed by atoms with E-state index < -0.39 is 11.8 Å². The van der Waals surface area contributed by atoms with Crippen LogP contribution in [0.2, 0.25) is 0 Å². The first-order valence-corrected chi connectivity index (χ1v) is 9.87. The van der Waals surface area contributed by atoms with Gasteiger partial charge in [-0.1, -0.05) is 24.3 Å². The van der Waals surface area contributed by atoms with Crippen LogP contribution in [-0.4, -0.2) is 50.7 Å². The van der Waals surface area contributed by atoms with Crippen molar-refractivity contribution in [1.82, 2.24) is 14.9 Å². The summed E-state index contributed by atoms with van der Waals surface area (Å²) < 4.78 is 0.615. The van der Waals surface area contributed by atoms with Gasteiger partial charge < -0.3 is 10.4 Å². The zero-order chi connectivity index (χ0) is 21.0. The van der Waals surface area contributed by atoms with Crippen LogP contribution in [0.5, 0.6) is 0 Å². The number of nitrogens with one attached hydrogen (secondary N) is 1. The van der Waals surface area contributed by atoms with Crippen LogP contribution in [0, 0.1) is 0 Å². The van der Waals surface area contributed by atoms with Crippen LogP contribution in [0.3, 0.4) is 0 Å². The predicted octanol–water partition coefficient (Wildman–Crippen LogP) is 2.26. The van der Waals surface area contributed by atoms with E-state index in [4.69, 9.17) is 5.11 Å². The second-order valence-corrected chi connectivity index (χ2v) is 7.66. The molecule has 2 N–H and O–H groups in total. The molecule has 0 fully saturated rings. The highest BCUT2D eigenvalue weighted by Crippen LogP contribution is 2.43. The Balaban J connectivity index is 1.71. The molecule has 0 unspecified atom stereocenters. The van der Waals surface area contributed by atoms with Gasteiger partial charge in [-0.2, -0.15) is 0 Å². The average Bonchev–Trinajstić information content (AvgIpc) is 3.01. The molecule has 0 atom stereocenters. The Bertz CT molecular complexity index is 1320. The van der Waals surface area contributed by atoms with E-state index in [0.29, 0.717) is 43.4 Å². The van der Waals surface area contributed by atoms with Crippen LogP contribution in [-0.2, 0) is 9.59 Å². The van der Waals surface area contributed by atoms with Crippen LogP contribution in [0.25, 0.3) is 22.2 Å². The van der Waals surface area contributed by atoms with Gasteiger partial charge in [-0.3, -0.25) is 19.3 Å². The fourth-order valence-electron chi connectivity index (χ4n) is 3.82. The molecule has 8 nitrogen and oxygen atoms in total. The fourth-order valence-corrected chi connectivity index (χ4v) is 4.35. The summed E-state index contributed by atoms with van der Waals surface area (Å²) in [5.41, 5.74) is 3.15. The number of aliphatic hydroxyl groups is 1. The van der Waals surface area contributed by atoms with Crippen molar-refractivity contribution >= 4 is 50.1 Å². The van der Waals surface area contributed by atoms with Crippen LogP contribution in [0.4, 0.5) is 5.69 Å². The number of anilines is 1. The van der Waals surface area contributed by atoms with Crippen molar-refractivity contribution in [2.24, 2.45) is 0 Å². The number of nitrogens with zero attached hydrogens (tertiary/aromatic N) is 3. The first-order chi connectivity index (χ1) is 14.5. The van der Waals surface area contributed by atoms with Gasteiger partial charge in [0.05, 0.1) is 35.6 Å². The summed E-state index contributed by atoms with van der Waals surface area (Å²) in [6, 6.07) is 8.84. The van der Waals surface area contributed by atoms with Gasteiger partial charge in [0.1, 0.15) is 12.0 Å². The molecule has 2 aromatic carbocycles. The molecule has 1 aliphatic heterocycles. The number of imide groups is 1. The summed E-state index contributed by atoms with van der Waals surface area (Å²) in [5.74, 6) is -1.31. The lowest BCUT2D eigenvalue weighted by molar-refractivity contribution is -0.137. The Hall–Kier alpha value is -3.43. The molecule has 0 saturated carbocycles. The number of fused-ring (bicyclic) bond motifs is 2. The third-order valence-corrected chi connectivity index (χ3v) is 5.72. The third-order valence-electron chi connectivity index (χ3n) is 5.12. The summed E-state index contributed by atoms with van der Waals surface area (Å²) in [6.07, 6.45) is 2.60. The molecule has 0 bridgehead atoms. The van der Waals surface area contributed by atoms with Gasteiger partial charge in [0.25, 0.3) is 11.8 Å². The van der Waals surface area contributed by atoms with E-state index in [1.165, 1.54) is 6.33 Å². The molecule has 3 aromatic rings. The lowest BCUT2D eigenvalue weighted by Crippen LogP contribution is -2.34. The number of ketones is 1. The number of halogens is 1. The van der Waals surface area contributed by atoms with E-state index in [2.05, 4.69) is 31.2 Å². The molecular weight excluding hydrogens is 452 g/mol. The maximum absolute atomic E-state index is 13.4. The molecule has 2 amide bonds. The third kappa shape index (κ3) is 2.59. The lowest BCUT2D eigenvalue weighted by Gasteiger charge is -2.22. The molecule has 148 valence electrons. The Morgan fingerprint density at radius 3 is 2.63 bits per heavy atom. The smallest absolute Gasteiger partial charge is 0.277 e. The average molecular weight is 465 g/mol. The Morgan fingerprint density at radius 1 is 1.10 bits per heavy atom. The van der Waals surface area contributed by atoms with Crippen molar-refractivity contribution in [3.05, 3.63) is 64.0 Å². The number of rotatable bonds is 4. The minimum absolute atomic E-state index is 0.0287. The number of aromatic nitrogens is 2. The zero-order valence-electron chi connectivity index (χ0n) is 15.3. The molecule has 9 heteroatoms. The topological polar surface area (TPSA) is 112 Å². The van der Waals surface area contributed by atoms with Gasteiger partial charge in [-0.15, -0.1) is 0 Å². The number of aliphatic hydroxyl groups excluding tert-OH is 1. The molecule has 2 aliphatic rings. The summed E-state index contributed by atoms with van der Waals surface area (Å²) in [6.45, 7) is -0.431. The molecule has 2 heterocycles. The van der Waals surface area contributed by atoms with Crippen LogP contribution in [0.15, 0.2) is 52.9 Å². The standard InChI is InChI=1S/C21H13BrN4O4/c22-12-7-13(25-14-8-15(28)26(5-6-27)21(14)30)16-17-18(23-9-24-19(12)17)10-3-1-2-4-11(10)20(16)29/h1-4,7-9,25,27H,5-6H2. The van der Waals surface area contributed by atoms with Crippen LogP contribution >= 0.6 is 15.9 Å². The molecular formula is C21H13BrN4O4. The van der Waals surface area contributed by atoms with Gasteiger partial charge in [0.2, 0.25) is 0 Å². The maximum Gasteiger partial charge on any atom is 0.277 e. The minimum Gasteiger partial charge on any atom is -0.395 e. The van der Waals surface area contributed by atoms with Gasteiger partial charge in [0.15, 0.2) is 5.78 Å². The second-order valence-electron chi connectivity index (χ2n) is 6.80. The number of carbonyl (C=O) groups excluding carboxylic acids is 3. The fraction of sp³-hybridized carbons (Fsp3) is 0.0952. The Kier molecular flexibility index (Phi) is 4.23. The van der Waals surface area contributed by atoms with Crippen molar-refractivity contribution < 1.29 is 19.5 Å². The molecule has 0 radical (unpaired) electrons. The zero-order valence-corrected chi connectivity index (χ0v) is 16.9. The summed E-state index contributed by atoms with van der Waals surface area (Å²) in [5, 5.41) is 12.6. The molecule has 5 rings (SSSR count). The molecule has 1 aromatic heterocycles. The van der Waals surface area contributed by atoms with E-state index in [0.717, 1.165) is 11.0 Å².